The van der Waals surface area contributed by atoms with Gasteiger partial charge in [-0.1, -0.05) is 53.5 Å². The number of carbonyl (C=O) groups excluding carboxylic acids is 2. The first-order valence-corrected chi connectivity index (χ1v) is 11.6. The van der Waals surface area contributed by atoms with E-state index in [1.165, 1.54) is 0 Å². The van der Waals surface area contributed by atoms with Gasteiger partial charge < -0.3 is 14.5 Å². The highest BCUT2D eigenvalue weighted by atomic mass is 35.5. The van der Waals surface area contributed by atoms with Gasteiger partial charge in [-0.2, -0.15) is 0 Å². The molecule has 0 atom stereocenters. The number of rotatable bonds is 6. The Kier molecular flexibility index (Phi) is 7.30. The topological polar surface area (TPSA) is 75.6 Å². The van der Waals surface area contributed by atoms with Crippen LogP contribution in [0.2, 0.25) is 10.0 Å². The number of amides is 1. The molecule has 4 rings (SSSR count). The van der Waals surface area contributed by atoms with Gasteiger partial charge >= 0.3 is 5.97 Å². The molecule has 7 nitrogen and oxygen atoms in total. The summed E-state index contributed by atoms with van der Waals surface area (Å²) in [7, 11) is 0. The van der Waals surface area contributed by atoms with Crippen LogP contribution in [0.3, 0.4) is 0 Å². The van der Waals surface area contributed by atoms with Gasteiger partial charge in [-0.15, -0.1) is 0 Å². The maximum Gasteiger partial charge on any atom is 0.360 e. The van der Waals surface area contributed by atoms with E-state index in [-0.39, 0.29) is 18.2 Å². The van der Waals surface area contributed by atoms with Crippen molar-refractivity contribution in [1.29, 1.82) is 0 Å². The number of halogens is 2. The van der Waals surface area contributed by atoms with Crippen LogP contribution < -0.4 is 4.90 Å². The molecule has 1 amide bonds. The number of esters is 1. The number of nitrogens with zero attached hydrogens (tertiary/aromatic N) is 4. The van der Waals surface area contributed by atoms with E-state index < -0.39 is 5.97 Å². The number of carbonyl (C=O) groups is 2. The standard InChI is InChI=1S/C24H24Cl2N4O3/c1-2-33-24(32)22-23(28-20-15-18(26)17(25)14-19(20)27-22)30-12-10-29(11-13-30)21(31)9-8-16-6-4-3-5-7-16/h3-7,14-15H,2,8-13H2,1H3. The van der Waals surface area contributed by atoms with Crippen molar-refractivity contribution in [3.63, 3.8) is 0 Å². The summed E-state index contributed by atoms with van der Waals surface area (Å²) in [5, 5.41) is 0.700. The van der Waals surface area contributed by atoms with Crippen molar-refractivity contribution in [2.45, 2.75) is 19.8 Å². The van der Waals surface area contributed by atoms with Crippen molar-refractivity contribution >= 4 is 51.9 Å². The fourth-order valence-electron chi connectivity index (χ4n) is 3.82. The van der Waals surface area contributed by atoms with Crippen molar-refractivity contribution in [2.24, 2.45) is 0 Å². The zero-order valence-electron chi connectivity index (χ0n) is 18.3. The number of piperazine rings is 1. The average Bonchev–Trinajstić information content (AvgIpc) is 2.83. The molecule has 0 N–H and O–H groups in total. The lowest BCUT2D eigenvalue weighted by Crippen LogP contribution is -2.49. The predicted octanol–water partition coefficient (Wildman–Crippen LogP) is 4.39. The molecule has 0 spiro atoms. The highest BCUT2D eigenvalue weighted by Gasteiger charge is 2.27. The lowest BCUT2D eigenvalue weighted by molar-refractivity contribution is -0.131. The Balaban J connectivity index is 1.50. The van der Waals surface area contributed by atoms with Gasteiger partial charge in [-0.25, -0.2) is 14.8 Å². The average molecular weight is 487 g/mol. The van der Waals surface area contributed by atoms with Crippen LogP contribution in [-0.2, 0) is 16.0 Å². The van der Waals surface area contributed by atoms with E-state index >= 15 is 0 Å². The lowest BCUT2D eigenvalue weighted by Gasteiger charge is -2.36. The highest BCUT2D eigenvalue weighted by molar-refractivity contribution is 6.42. The van der Waals surface area contributed by atoms with Crippen LogP contribution >= 0.6 is 23.2 Å². The maximum atomic E-state index is 12.7. The largest absolute Gasteiger partial charge is 0.461 e. The van der Waals surface area contributed by atoms with Crippen LogP contribution in [0.4, 0.5) is 5.82 Å². The number of hydrogen-bond acceptors (Lipinski definition) is 6. The van der Waals surface area contributed by atoms with Crippen LogP contribution in [0.25, 0.3) is 11.0 Å². The fraction of sp³-hybridized carbons (Fsp3) is 0.333. The zero-order valence-corrected chi connectivity index (χ0v) is 19.8. The van der Waals surface area contributed by atoms with Gasteiger partial charge in [0.2, 0.25) is 5.91 Å². The van der Waals surface area contributed by atoms with E-state index in [1.54, 1.807) is 19.1 Å². The summed E-state index contributed by atoms with van der Waals surface area (Å²) < 4.78 is 5.20. The monoisotopic (exact) mass is 486 g/mol. The molecular weight excluding hydrogens is 463 g/mol. The number of aromatic nitrogens is 2. The van der Waals surface area contributed by atoms with E-state index in [2.05, 4.69) is 9.97 Å². The minimum absolute atomic E-state index is 0.120. The zero-order chi connectivity index (χ0) is 23.4. The Bertz CT molecular complexity index is 1170. The molecule has 1 aromatic heterocycles. The second-order valence-electron chi connectivity index (χ2n) is 7.72. The molecule has 3 aromatic rings. The molecule has 2 heterocycles. The van der Waals surface area contributed by atoms with Crippen molar-refractivity contribution < 1.29 is 14.3 Å². The third-order valence-electron chi connectivity index (χ3n) is 5.56. The smallest absolute Gasteiger partial charge is 0.360 e. The lowest BCUT2D eigenvalue weighted by atomic mass is 10.1. The molecule has 0 radical (unpaired) electrons. The molecule has 0 saturated carbocycles. The molecule has 1 aliphatic rings. The summed E-state index contributed by atoms with van der Waals surface area (Å²) in [4.78, 5) is 38.3. The van der Waals surface area contributed by atoms with E-state index in [1.807, 2.05) is 40.1 Å². The van der Waals surface area contributed by atoms with Gasteiger partial charge in [0.15, 0.2) is 11.5 Å². The minimum Gasteiger partial charge on any atom is -0.461 e. The van der Waals surface area contributed by atoms with Crippen LogP contribution in [0.5, 0.6) is 0 Å². The summed E-state index contributed by atoms with van der Waals surface area (Å²) >= 11 is 12.3. The van der Waals surface area contributed by atoms with Crippen molar-refractivity contribution in [2.75, 3.05) is 37.7 Å². The molecule has 0 aliphatic carbocycles. The third-order valence-corrected chi connectivity index (χ3v) is 6.28. The van der Waals surface area contributed by atoms with E-state index in [9.17, 15) is 9.59 Å². The Morgan fingerprint density at radius 2 is 1.61 bits per heavy atom. The van der Waals surface area contributed by atoms with E-state index in [0.29, 0.717) is 65.9 Å². The molecule has 2 aromatic carbocycles. The first kappa shape index (κ1) is 23.3. The quantitative estimate of drug-likeness (QED) is 0.480. The van der Waals surface area contributed by atoms with Crippen LogP contribution in [0.15, 0.2) is 42.5 Å². The minimum atomic E-state index is -0.547. The first-order chi connectivity index (χ1) is 16.0. The first-order valence-electron chi connectivity index (χ1n) is 10.9. The number of hydrogen-bond donors (Lipinski definition) is 0. The second-order valence-corrected chi connectivity index (χ2v) is 8.54. The van der Waals surface area contributed by atoms with E-state index in [0.717, 1.165) is 5.56 Å². The second kappa shape index (κ2) is 10.4. The molecule has 172 valence electrons. The van der Waals surface area contributed by atoms with Crippen LogP contribution in [0.1, 0.15) is 29.4 Å². The van der Waals surface area contributed by atoms with Crippen molar-refractivity contribution in [3.05, 3.63) is 63.8 Å². The molecule has 1 aliphatic heterocycles. The number of aryl methyl sites for hydroxylation is 1. The Labute approximate surface area is 202 Å². The third kappa shape index (κ3) is 5.37. The Morgan fingerprint density at radius 3 is 2.24 bits per heavy atom. The molecule has 1 saturated heterocycles. The van der Waals surface area contributed by atoms with Gasteiger partial charge in [-0.3, -0.25) is 4.79 Å². The highest BCUT2D eigenvalue weighted by Crippen LogP contribution is 2.29. The van der Waals surface area contributed by atoms with Crippen molar-refractivity contribution in [3.8, 4) is 0 Å². The predicted molar refractivity (Wildman–Crippen MR) is 129 cm³/mol. The number of anilines is 1. The summed E-state index contributed by atoms with van der Waals surface area (Å²) in [6.07, 6.45) is 1.18. The summed E-state index contributed by atoms with van der Waals surface area (Å²) in [6.45, 7) is 4.11. The van der Waals surface area contributed by atoms with Gasteiger partial charge in [0, 0.05) is 32.6 Å². The summed E-state index contributed by atoms with van der Waals surface area (Å²) in [5.74, 6) is 0.000187. The van der Waals surface area contributed by atoms with Gasteiger partial charge in [0.25, 0.3) is 0 Å². The van der Waals surface area contributed by atoms with Gasteiger partial charge in [0.1, 0.15) is 0 Å². The molecule has 0 unspecified atom stereocenters. The molecule has 0 bridgehead atoms. The van der Waals surface area contributed by atoms with Crippen molar-refractivity contribution in [1.82, 2.24) is 14.9 Å². The fourth-order valence-corrected chi connectivity index (χ4v) is 4.14. The summed E-state index contributed by atoms with van der Waals surface area (Å²) in [5.41, 5.74) is 2.28. The van der Waals surface area contributed by atoms with Gasteiger partial charge in [-0.05, 0) is 31.0 Å². The van der Waals surface area contributed by atoms with Crippen LogP contribution in [0, 0.1) is 0 Å². The molecule has 1 fully saturated rings. The maximum absolute atomic E-state index is 12.7. The Hall–Kier alpha value is -2.90. The molecule has 9 heteroatoms. The number of ether oxygens (including phenoxy) is 1. The molecule has 33 heavy (non-hydrogen) atoms. The Morgan fingerprint density at radius 1 is 0.970 bits per heavy atom. The normalized spacial score (nSPS) is 13.9. The SMILES string of the molecule is CCOC(=O)c1nc2cc(Cl)c(Cl)cc2nc1N1CCN(C(=O)CCc2ccccc2)CC1. The number of benzene rings is 2. The molecular formula is C24H24Cl2N4O3. The van der Waals surface area contributed by atoms with Gasteiger partial charge in [0.05, 0.1) is 27.7 Å². The van der Waals surface area contributed by atoms with Crippen LogP contribution in [-0.4, -0.2) is 59.5 Å². The number of fused-ring (bicyclic) bond motifs is 1. The summed E-state index contributed by atoms with van der Waals surface area (Å²) in [6, 6.07) is 13.2. The van der Waals surface area contributed by atoms with E-state index in [4.69, 9.17) is 27.9 Å².